The van der Waals surface area contributed by atoms with E-state index in [1.54, 1.807) is 6.20 Å². The van der Waals surface area contributed by atoms with E-state index in [-0.39, 0.29) is 5.97 Å². The molecule has 4 heteroatoms. The number of H-pyrrole nitrogens is 1. The number of hydrogen-bond donors (Lipinski definition) is 1. The lowest BCUT2D eigenvalue weighted by molar-refractivity contribution is 0.0519. The van der Waals surface area contributed by atoms with E-state index in [4.69, 9.17) is 4.74 Å². The number of allylic oxidation sites excluding steroid dienone is 2. The quantitative estimate of drug-likeness (QED) is 0.540. The summed E-state index contributed by atoms with van der Waals surface area (Å²) in [5.41, 5.74) is 4.69. The molecule has 0 saturated heterocycles. The summed E-state index contributed by atoms with van der Waals surface area (Å²) in [6.07, 6.45) is 9.72. The van der Waals surface area contributed by atoms with Gasteiger partial charge in [0.05, 0.1) is 18.3 Å². The predicted molar refractivity (Wildman–Crippen MR) is 100 cm³/mol. The Bertz CT molecular complexity index is 984. The fourth-order valence-corrected chi connectivity index (χ4v) is 3.83. The molecule has 1 atom stereocenters. The normalized spacial score (nSPS) is 17.3. The summed E-state index contributed by atoms with van der Waals surface area (Å²) in [7, 11) is 0. The van der Waals surface area contributed by atoms with Crippen molar-refractivity contribution < 1.29 is 9.53 Å². The molecule has 25 heavy (non-hydrogen) atoms. The number of nitrogens with one attached hydrogen (secondary N) is 1. The fourth-order valence-electron chi connectivity index (χ4n) is 3.83. The molecular formula is C21H22N2O2. The standard InChI is InChI=1S/C21H22N2O2/c1-3-25-21(24)20-13(2)19-16-11-15(14-7-5-4-6-8-14)9-10-17(16)23-18(19)12-22-20/h4-5,9-12,14,23H,3,6-8H2,1-2H3. The number of pyridine rings is 1. The van der Waals surface area contributed by atoms with Gasteiger partial charge in [0, 0.05) is 16.3 Å². The van der Waals surface area contributed by atoms with Crippen LogP contribution in [0.25, 0.3) is 21.8 Å². The minimum absolute atomic E-state index is 0.352. The van der Waals surface area contributed by atoms with E-state index < -0.39 is 0 Å². The number of benzene rings is 1. The van der Waals surface area contributed by atoms with Crippen molar-refractivity contribution in [3.05, 3.63) is 53.4 Å². The largest absolute Gasteiger partial charge is 0.461 e. The van der Waals surface area contributed by atoms with Crippen LogP contribution in [0.3, 0.4) is 0 Å². The predicted octanol–water partition coefficient (Wildman–Crippen LogP) is 5.02. The second-order valence-corrected chi connectivity index (χ2v) is 6.65. The van der Waals surface area contributed by atoms with Gasteiger partial charge in [0.2, 0.25) is 0 Å². The van der Waals surface area contributed by atoms with E-state index in [0.29, 0.717) is 18.2 Å². The van der Waals surface area contributed by atoms with Gasteiger partial charge in [0.15, 0.2) is 5.69 Å². The Hall–Kier alpha value is -2.62. The van der Waals surface area contributed by atoms with E-state index in [1.165, 1.54) is 12.0 Å². The third-order valence-corrected chi connectivity index (χ3v) is 5.11. The number of ether oxygens (including phenoxy) is 1. The molecular weight excluding hydrogens is 312 g/mol. The summed E-state index contributed by atoms with van der Waals surface area (Å²) in [6, 6.07) is 6.64. The van der Waals surface area contributed by atoms with Crippen molar-refractivity contribution in [2.24, 2.45) is 0 Å². The van der Waals surface area contributed by atoms with Crippen molar-refractivity contribution in [3.63, 3.8) is 0 Å². The van der Waals surface area contributed by atoms with E-state index in [1.807, 2.05) is 13.8 Å². The Morgan fingerprint density at radius 3 is 2.96 bits per heavy atom. The minimum atomic E-state index is -0.357. The zero-order valence-electron chi connectivity index (χ0n) is 14.6. The molecule has 0 radical (unpaired) electrons. The summed E-state index contributed by atoms with van der Waals surface area (Å²) < 4.78 is 5.15. The lowest BCUT2D eigenvalue weighted by Crippen LogP contribution is -2.09. The summed E-state index contributed by atoms with van der Waals surface area (Å²) >= 11 is 0. The van der Waals surface area contributed by atoms with Crippen LogP contribution in [0.5, 0.6) is 0 Å². The number of rotatable bonds is 3. The Kier molecular flexibility index (Phi) is 4.04. The number of carbonyl (C=O) groups is 1. The molecule has 0 aliphatic heterocycles. The number of fused-ring (bicyclic) bond motifs is 3. The van der Waals surface area contributed by atoms with Crippen LogP contribution in [-0.2, 0) is 4.74 Å². The molecule has 1 aliphatic rings. The smallest absolute Gasteiger partial charge is 0.357 e. The van der Waals surface area contributed by atoms with Crippen molar-refractivity contribution >= 4 is 27.8 Å². The maximum atomic E-state index is 12.2. The number of aryl methyl sites for hydroxylation is 1. The summed E-state index contributed by atoms with van der Waals surface area (Å²) in [6.45, 7) is 4.11. The van der Waals surface area contributed by atoms with Gasteiger partial charge in [-0.1, -0.05) is 18.2 Å². The highest BCUT2D eigenvalue weighted by atomic mass is 16.5. The number of esters is 1. The molecule has 2 aromatic heterocycles. The third-order valence-electron chi connectivity index (χ3n) is 5.11. The number of aromatic amines is 1. The SMILES string of the molecule is CCOC(=O)c1ncc2[nH]c3ccc(C4CC=CCC4)cc3c2c1C. The van der Waals surface area contributed by atoms with E-state index in [2.05, 4.69) is 40.3 Å². The highest BCUT2D eigenvalue weighted by Crippen LogP contribution is 2.35. The highest BCUT2D eigenvalue weighted by molar-refractivity contribution is 6.11. The maximum absolute atomic E-state index is 12.2. The highest BCUT2D eigenvalue weighted by Gasteiger charge is 2.19. The van der Waals surface area contributed by atoms with Gasteiger partial charge in [-0.2, -0.15) is 0 Å². The number of nitrogens with zero attached hydrogens (tertiary/aromatic N) is 1. The molecule has 4 rings (SSSR count). The molecule has 4 nitrogen and oxygen atoms in total. The second kappa shape index (κ2) is 6.36. The van der Waals surface area contributed by atoms with Gasteiger partial charge in [-0.25, -0.2) is 9.78 Å². The van der Waals surface area contributed by atoms with Crippen LogP contribution in [0.15, 0.2) is 36.5 Å². The van der Waals surface area contributed by atoms with Gasteiger partial charge in [0.25, 0.3) is 0 Å². The molecule has 0 fully saturated rings. The Balaban J connectivity index is 1.88. The van der Waals surface area contributed by atoms with Gasteiger partial charge in [-0.05, 0) is 62.3 Å². The van der Waals surface area contributed by atoms with Crippen LogP contribution in [-0.4, -0.2) is 22.5 Å². The van der Waals surface area contributed by atoms with Crippen molar-refractivity contribution in [3.8, 4) is 0 Å². The van der Waals surface area contributed by atoms with Crippen molar-refractivity contribution in [1.82, 2.24) is 9.97 Å². The molecule has 1 aliphatic carbocycles. The third kappa shape index (κ3) is 2.72. The zero-order valence-corrected chi connectivity index (χ0v) is 14.6. The van der Waals surface area contributed by atoms with Crippen molar-refractivity contribution in [1.29, 1.82) is 0 Å². The van der Waals surface area contributed by atoms with Crippen LogP contribution in [0.4, 0.5) is 0 Å². The maximum Gasteiger partial charge on any atom is 0.357 e. The number of aromatic nitrogens is 2. The topological polar surface area (TPSA) is 55.0 Å². The molecule has 0 spiro atoms. The number of carbonyl (C=O) groups excluding carboxylic acids is 1. The molecule has 3 aromatic rings. The van der Waals surface area contributed by atoms with E-state index in [9.17, 15) is 4.79 Å². The summed E-state index contributed by atoms with van der Waals surface area (Å²) in [5.74, 6) is 0.218. The first-order valence-electron chi connectivity index (χ1n) is 8.92. The van der Waals surface area contributed by atoms with Crippen LogP contribution < -0.4 is 0 Å². The fraction of sp³-hybridized carbons (Fsp3) is 0.333. The average molecular weight is 334 g/mol. The molecule has 2 heterocycles. The van der Waals surface area contributed by atoms with Gasteiger partial charge in [-0.3, -0.25) is 0 Å². The van der Waals surface area contributed by atoms with Crippen LogP contribution in [0, 0.1) is 6.92 Å². The Morgan fingerprint density at radius 1 is 1.32 bits per heavy atom. The molecule has 1 aromatic carbocycles. The number of hydrogen-bond acceptors (Lipinski definition) is 3. The second-order valence-electron chi connectivity index (χ2n) is 6.65. The van der Waals surface area contributed by atoms with Crippen LogP contribution in [0.1, 0.15) is 53.7 Å². The first kappa shape index (κ1) is 15.9. The van der Waals surface area contributed by atoms with Gasteiger partial charge in [-0.15, -0.1) is 0 Å². The average Bonchev–Trinajstić information content (AvgIpc) is 3.01. The van der Waals surface area contributed by atoms with Gasteiger partial charge < -0.3 is 9.72 Å². The monoisotopic (exact) mass is 334 g/mol. The Labute approximate surface area is 146 Å². The Morgan fingerprint density at radius 2 is 2.20 bits per heavy atom. The first-order valence-corrected chi connectivity index (χ1v) is 8.92. The van der Waals surface area contributed by atoms with Crippen molar-refractivity contribution in [2.75, 3.05) is 6.61 Å². The minimum Gasteiger partial charge on any atom is -0.461 e. The molecule has 128 valence electrons. The molecule has 0 bridgehead atoms. The molecule has 1 N–H and O–H groups in total. The van der Waals surface area contributed by atoms with Crippen LogP contribution >= 0.6 is 0 Å². The molecule has 0 saturated carbocycles. The van der Waals surface area contributed by atoms with E-state index >= 15 is 0 Å². The molecule has 1 unspecified atom stereocenters. The van der Waals surface area contributed by atoms with Gasteiger partial charge >= 0.3 is 5.97 Å². The lowest BCUT2D eigenvalue weighted by Gasteiger charge is -2.18. The van der Waals surface area contributed by atoms with Crippen molar-refractivity contribution in [2.45, 2.75) is 39.0 Å². The lowest BCUT2D eigenvalue weighted by atomic mass is 9.87. The van der Waals surface area contributed by atoms with Crippen LogP contribution in [0.2, 0.25) is 0 Å². The van der Waals surface area contributed by atoms with E-state index in [0.717, 1.165) is 40.2 Å². The van der Waals surface area contributed by atoms with Gasteiger partial charge in [0.1, 0.15) is 0 Å². The first-order chi connectivity index (χ1) is 12.2. The zero-order chi connectivity index (χ0) is 17.4. The molecule has 0 amide bonds. The summed E-state index contributed by atoms with van der Waals surface area (Å²) in [4.78, 5) is 19.9. The summed E-state index contributed by atoms with van der Waals surface area (Å²) in [5, 5.41) is 2.23.